The summed E-state index contributed by atoms with van der Waals surface area (Å²) in [6.45, 7) is 2.79. The van der Waals surface area contributed by atoms with Gasteiger partial charge < -0.3 is 10.6 Å². The molecule has 0 aromatic carbocycles. The molecule has 0 spiro atoms. The Morgan fingerprint density at radius 3 is 2.89 bits per heavy atom. The van der Waals surface area contributed by atoms with Gasteiger partial charge in [-0.3, -0.25) is 4.40 Å². The number of hydrogen-bond acceptors (Lipinski definition) is 5. The van der Waals surface area contributed by atoms with Gasteiger partial charge in [-0.2, -0.15) is 0 Å². The average molecular weight is 358 g/mol. The maximum Gasteiger partial charge on any atom is 0.212 e. The lowest BCUT2D eigenvalue weighted by Gasteiger charge is -2.32. The number of rotatable bonds is 2. The van der Waals surface area contributed by atoms with E-state index < -0.39 is 0 Å². The van der Waals surface area contributed by atoms with Crippen LogP contribution in [0, 0.1) is 9.49 Å². The lowest BCUT2D eigenvalue weighted by molar-refractivity contribution is 0.410. The summed E-state index contributed by atoms with van der Waals surface area (Å²) in [4.78, 5) is 6.81. The molecule has 3 rings (SSSR count). The van der Waals surface area contributed by atoms with Gasteiger partial charge in [0.1, 0.15) is 6.33 Å². The number of aromatic nitrogens is 4. The lowest BCUT2D eigenvalue weighted by Crippen LogP contribution is -2.37. The third-order valence-corrected chi connectivity index (χ3v) is 4.26. The van der Waals surface area contributed by atoms with Crippen molar-refractivity contribution < 1.29 is 0 Å². The first kappa shape index (κ1) is 12.1. The maximum absolute atomic E-state index is 5.72. The second kappa shape index (κ2) is 4.96. The van der Waals surface area contributed by atoms with Gasteiger partial charge in [0, 0.05) is 19.3 Å². The molecule has 1 fully saturated rings. The Balaban J connectivity index is 1.91. The molecule has 7 heteroatoms. The molecule has 0 amide bonds. The Hall–Kier alpha value is -0.960. The van der Waals surface area contributed by atoms with E-state index in [0.717, 1.165) is 47.6 Å². The summed E-state index contributed by atoms with van der Waals surface area (Å²) in [7, 11) is 0. The van der Waals surface area contributed by atoms with Gasteiger partial charge in [-0.25, -0.2) is 4.98 Å². The number of hydrogen-bond donors (Lipinski definition) is 1. The first-order valence-corrected chi connectivity index (χ1v) is 7.16. The quantitative estimate of drug-likeness (QED) is 0.808. The molecule has 0 atom stereocenters. The van der Waals surface area contributed by atoms with Crippen molar-refractivity contribution in [1.82, 2.24) is 19.6 Å². The van der Waals surface area contributed by atoms with Gasteiger partial charge in [0.05, 0.1) is 3.57 Å². The van der Waals surface area contributed by atoms with Crippen molar-refractivity contribution >= 4 is 34.2 Å². The number of fused-ring (bicyclic) bond motifs is 1. The van der Waals surface area contributed by atoms with Crippen molar-refractivity contribution in [3.63, 3.8) is 0 Å². The Morgan fingerprint density at radius 1 is 1.39 bits per heavy atom. The average Bonchev–Trinajstić information content (AvgIpc) is 2.90. The molecule has 6 nitrogen and oxygen atoms in total. The highest BCUT2D eigenvalue weighted by atomic mass is 127. The summed E-state index contributed by atoms with van der Waals surface area (Å²) in [6.07, 6.45) is 5.85. The topological polar surface area (TPSA) is 72.3 Å². The highest BCUT2D eigenvalue weighted by Gasteiger charge is 2.21. The van der Waals surface area contributed by atoms with E-state index in [9.17, 15) is 0 Å². The lowest BCUT2D eigenvalue weighted by atomic mass is 9.97. The summed E-state index contributed by atoms with van der Waals surface area (Å²) in [6, 6.07) is 0. The molecule has 3 heterocycles. The largest absolute Gasteiger partial charge is 0.342 e. The molecule has 0 radical (unpaired) electrons. The van der Waals surface area contributed by atoms with E-state index in [1.165, 1.54) is 0 Å². The van der Waals surface area contributed by atoms with Gasteiger partial charge >= 0.3 is 0 Å². The maximum atomic E-state index is 5.72. The molecule has 2 N–H and O–H groups in total. The van der Waals surface area contributed by atoms with Crippen molar-refractivity contribution in [2.24, 2.45) is 11.7 Å². The van der Waals surface area contributed by atoms with Crippen molar-refractivity contribution in [2.75, 3.05) is 24.5 Å². The molecule has 96 valence electrons. The zero-order valence-electron chi connectivity index (χ0n) is 9.96. The molecule has 0 unspecified atom stereocenters. The smallest absolute Gasteiger partial charge is 0.212 e. The van der Waals surface area contributed by atoms with Gasteiger partial charge in [-0.05, 0) is 47.9 Å². The summed E-state index contributed by atoms with van der Waals surface area (Å²) in [5, 5.41) is 8.09. The standard InChI is InChI=1S/C11H15IN6/c12-9-6-14-11(18-7-15-16-10(9)18)17-3-1-8(5-13)2-4-17/h6-8H,1-5,13H2. The van der Waals surface area contributed by atoms with Gasteiger partial charge in [0.2, 0.25) is 5.95 Å². The third kappa shape index (κ3) is 2.05. The van der Waals surface area contributed by atoms with Crippen molar-refractivity contribution in [2.45, 2.75) is 12.8 Å². The van der Waals surface area contributed by atoms with E-state index in [1.807, 2.05) is 10.6 Å². The molecule has 2 aromatic heterocycles. The summed E-state index contributed by atoms with van der Waals surface area (Å²) < 4.78 is 2.98. The number of piperidine rings is 1. The monoisotopic (exact) mass is 358 g/mol. The zero-order chi connectivity index (χ0) is 12.5. The third-order valence-electron chi connectivity index (χ3n) is 3.50. The molecule has 1 saturated heterocycles. The molecule has 18 heavy (non-hydrogen) atoms. The Bertz CT molecular complexity index is 545. The Kier molecular flexibility index (Phi) is 3.33. The predicted molar refractivity (Wildman–Crippen MR) is 77.5 cm³/mol. The fourth-order valence-electron chi connectivity index (χ4n) is 2.38. The first-order valence-electron chi connectivity index (χ1n) is 6.09. The van der Waals surface area contributed by atoms with E-state index in [4.69, 9.17) is 5.73 Å². The first-order chi connectivity index (χ1) is 8.79. The molecule has 0 bridgehead atoms. The molecule has 0 saturated carbocycles. The number of anilines is 1. The summed E-state index contributed by atoms with van der Waals surface area (Å²) in [5.74, 6) is 1.59. The number of nitrogens with zero attached hydrogens (tertiary/aromatic N) is 5. The normalized spacial score (nSPS) is 17.6. The van der Waals surface area contributed by atoms with Crippen LogP contribution in [0.25, 0.3) is 5.65 Å². The van der Waals surface area contributed by atoms with Crippen LogP contribution in [0.1, 0.15) is 12.8 Å². The minimum Gasteiger partial charge on any atom is -0.342 e. The Morgan fingerprint density at radius 2 is 2.17 bits per heavy atom. The van der Waals surface area contributed by atoms with Crippen molar-refractivity contribution in [3.05, 3.63) is 16.1 Å². The van der Waals surface area contributed by atoms with Crippen LogP contribution >= 0.6 is 22.6 Å². The van der Waals surface area contributed by atoms with E-state index in [-0.39, 0.29) is 0 Å². The van der Waals surface area contributed by atoms with Crippen molar-refractivity contribution in [3.8, 4) is 0 Å². The summed E-state index contributed by atoms with van der Waals surface area (Å²) >= 11 is 2.23. The van der Waals surface area contributed by atoms with Gasteiger partial charge in [0.25, 0.3) is 0 Å². The van der Waals surface area contributed by atoms with Gasteiger partial charge in [-0.1, -0.05) is 0 Å². The predicted octanol–water partition coefficient (Wildman–Crippen LogP) is 0.904. The fourth-order valence-corrected chi connectivity index (χ4v) is 2.89. The highest BCUT2D eigenvalue weighted by Crippen LogP contribution is 2.22. The molecule has 0 aliphatic carbocycles. The Labute approximate surface area is 119 Å². The van der Waals surface area contributed by atoms with Crippen molar-refractivity contribution in [1.29, 1.82) is 0 Å². The fraction of sp³-hybridized carbons (Fsp3) is 0.545. The van der Waals surface area contributed by atoms with E-state index >= 15 is 0 Å². The second-order valence-corrected chi connectivity index (χ2v) is 5.76. The summed E-state index contributed by atoms with van der Waals surface area (Å²) in [5.41, 5.74) is 6.60. The van der Waals surface area contributed by atoms with Gasteiger partial charge in [-0.15, -0.1) is 10.2 Å². The number of halogens is 1. The van der Waals surface area contributed by atoms with Crippen LogP contribution < -0.4 is 10.6 Å². The van der Waals surface area contributed by atoms with Crippen LogP contribution in [-0.4, -0.2) is 39.2 Å². The van der Waals surface area contributed by atoms with Crippen LogP contribution in [0.3, 0.4) is 0 Å². The van der Waals surface area contributed by atoms with Crippen LogP contribution in [-0.2, 0) is 0 Å². The molecule has 1 aliphatic heterocycles. The van der Waals surface area contributed by atoms with E-state index in [1.54, 1.807) is 6.33 Å². The van der Waals surface area contributed by atoms with Crippen LogP contribution in [0.4, 0.5) is 5.95 Å². The van der Waals surface area contributed by atoms with Crippen LogP contribution in [0.2, 0.25) is 0 Å². The number of nitrogens with two attached hydrogens (primary N) is 1. The zero-order valence-corrected chi connectivity index (χ0v) is 12.1. The molecule has 1 aliphatic rings. The highest BCUT2D eigenvalue weighted by molar-refractivity contribution is 14.1. The van der Waals surface area contributed by atoms with Crippen LogP contribution in [0.15, 0.2) is 12.5 Å². The van der Waals surface area contributed by atoms with E-state index in [2.05, 4.69) is 42.7 Å². The van der Waals surface area contributed by atoms with E-state index in [0.29, 0.717) is 5.92 Å². The molecular weight excluding hydrogens is 343 g/mol. The van der Waals surface area contributed by atoms with Gasteiger partial charge in [0.15, 0.2) is 5.65 Å². The minimum atomic E-state index is 0.654. The molecular formula is C11H15IN6. The van der Waals surface area contributed by atoms with Crippen LogP contribution in [0.5, 0.6) is 0 Å². The minimum absolute atomic E-state index is 0.654. The second-order valence-electron chi connectivity index (χ2n) is 4.60. The molecule has 2 aromatic rings. The SMILES string of the molecule is NCC1CCN(c2ncc(I)c3nncn23)CC1.